The van der Waals surface area contributed by atoms with Crippen molar-refractivity contribution in [1.82, 2.24) is 4.90 Å². The van der Waals surface area contributed by atoms with E-state index in [0.29, 0.717) is 6.04 Å². The average Bonchev–Trinajstić information content (AvgIpc) is 3.31. The molecule has 0 saturated carbocycles. The van der Waals surface area contributed by atoms with Crippen LogP contribution in [0.15, 0.2) is 91.0 Å². The third-order valence-corrected chi connectivity index (χ3v) is 14.5. The van der Waals surface area contributed by atoms with Gasteiger partial charge in [-0.05, 0) is 59.8 Å². The van der Waals surface area contributed by atoms with Crippen molar-refractivity contribution in [2.75, 3.05) is 27.4 Å². The van der Waals surface area contributed by atoms with E-state index in [9.17, 15) is 0 Å². The Labute approximate surface area is 248 Å². The van der Waals surface area contributed by atoms with Gasteiger partial charge in [-0.25, -0.2) is 0 Å². The van der Waals surface area contributed by atoms with Crippen LogP contribution in [0.3, 0.4) is 0 Å². The van der Waals surface area contributed by atoms with Gasteiger partial charge in [0.15, 0.2) is 19.8 Å². The number of allylic oxidation sites excluding steroid dienone is 1. The third kappa shape index (κ3) is 5.52. The van der Waals surface area contributed by atoms with Gasteiger partial charge < -0.3 is 13.9 Å². The molecule has 1 aliphatic heterocycles. The van der Waals surface area contributed by atoms with Crippen LogP contribution in [0.25, 0.3) is 0 Å². The van der Waals surface area contributed by atoms with Crippen molar-refractivity contribution >= 4 is 8.32 Å². The fourth-order valence-corrected chi connectivity index (χ4v) is 7.79. The molecule has 5 rings (SSSR count). The predicted octanol–water partition coefficient (Wildman–Crippen LogP) is 8.40. The van der Waals surface area contributed by atoms with Crippen molar-refractivity contribution in [3.05, 3.63) is 108 Å². The zero-order chi connectivity index (χ0) is 29.3. The molecule has 1 saturated heterocycles. The van der Waals surface area contributed by atoms with Gasteiger partial charge in [0.25, 0.3) is 0 Å². The fraction of sp³-hybridized carbons (Fsp3) is 0.444. The average molecular weight is 570 g/mol. The molecule has 0 N–H and O–H groups in total. The maximum atomic E-state index is 7.04. The van der Waals surface area contributed by atoms with Crippen molar-refractivity contribution < 1.29 is 13.9 Å². The quantitative estimate of drug-likeness (QED) is 0.191. The molecule has 1 aliphatic carbocycles. The zero-order valence-electron chi connectivity index (χ0n) is 25.9. The summed E-state index contributed by atoms with van der Waals surface area (Å²) in [6.07, 6.45) is 7.07. The van der Waals surface area contributed by atoms with Gasteiger partial charge in [0.1, 0.15) is 0 Å². The Morgan fingerprint density at radius 2 is 1.49 bits per heavy atom. The molecule has 0 spiro atoms. The molecule has 3 aromatic rings. The lowest BCUT2D eigenvalue weighted by Gasteiger charge is -2.44. The molecule has 1 fully saturated rings. The van der Waals surface area contributed by atoms with Gasteiger partial charge in [0.2, 0.25) is 0 Å². The highest BCUT2D eigenvalue weighted by Gasteiger charge is 2.56. The summed E-state index contributed by atoms with van der Waals surface area (Å²) in [6.45, 7) is 13.4. The highest BCUT2D eigenvalue weighted by atomic mass is 28.4. The number of fused-ring (bicyclic) bond motifs is 1. The van der Waals surface area contributed by atoms with E-state index in [1.807, 2.05) is 0 Å². The molecule has 218 valence electrons. The summed E-state index contributed by atoms with van der Waals surface area (Å²) in [4.78, 5) is 2.78. The predicted molar refractivity (Wildman–Crippen MR) is 171 cm³/mol. The zero-order valence-corrected chi connectivity index (χ0v) is 26.9. The number of hydrogen-bond acceptors (Lipinski definition) is 4. The first-order valence-electron chi connectivity index (χ1n) is 15.0. The maximum absolute atomic E-state index is 7.04. The minimum Gasteiger partial charge on any atom is -0.493 e. The summed E-state index contributed by atoms with van der Waals surface area (Å²) in [5.41, 5.74) is 3.74. The van der Waals surface area contributed by atoms with Gasteiger partial charge in [-0.2, -0.15) is 0 Å². The van der Waals surface area contributed by atoms with Gasteiger partial charge >= 0.3 is 0 Å². The van der Waals surface area contributed by atoms with Crippen LogP contribution in [0.2, 0.25) is 18.1 Å². The van der Waals surface area contributed by atoms with Crippen LogP contribution in [0.1, 0.15) is 56.3 Å². The first kappa shape index (κ1) is 29.6. The van der Waals surface area contributed by atoms with E-state index < -0.39 is 8.32 Å². The molecule has 0 bridgehead atoms. The van der Waals surface area contributed by atoms with E-state index in [1.54, 1.807) is 14.2 Å². The van der Waals surface area contributed by atoms with Crippen LogP contribution >= 0.6 is 0 Å². The SMILES string of the molecule is COc1ccc([C@@]23C=CCC[C@@H]2N(C(c2ccccc2)c2ccccc2)C[C@@H]3CO[Si](C)(C)C(C)(C)C)cc1OC. The lowest BCUT2D eigenvalue weighted by molar-refractivity contribution is 0.169. The van der Waals surface area contributed by atoms with Crippen LogP contribution in [-0.2, 0) is 9.84 Å². The topological polar surface area (TPSA) is 30.9 Å². The summed E-state index contributed by atoms with van der Waals surface area (Å²) >= 11 is 0. The Bertz CT molecular complexity index is 1290. The Balaban J connectivity index is 1.66. The van der Waals surface area contributed by atoms with Crippen LogP contribution in [0, 0.1) is 5.92 Å². The monoisotopic (exact) mass is 569 g/mol. The third-order valence-electron chi connectivity index (χ3n) is 9.96. The first-order valence-corrected chi connectivity index (χ1v) is 17.9. The largest absolute Gasteiger partial charge is 0.493 e. The van der Waals surface area contributed by atoms with E-state index >= 15 is 0 Å². The molecule has 41 heavy (non-hydrogen) atoms. The Hall–Kier alpha value is -2.86. The van der Waals surface area contributed by atoms with E-state index in [0.717, 1.165) is 37.5 Å². The molecule has 0 aromatic heterocycles. The van der Waals surface area contributed by atoms with E-state index in [4.69, 9.17) is 13.9 Å². The molecule has 2 aliphatic rings. The fourth-order valence-electron chi connectivity index (χ4n) is 6.74. The molecular formula is C36H47NO3Si. The molecule has 3 atom stereocenters. The summed E-state index contributed by atoms with van der Waals surface area (Å²) in [7, 11) is 1.47. The van der Waals surface area contributed by atoms with Crippen molar-refractivity contribution in [3.63, 3.8) is 0 Å². The van der Waals surface area contributed by atoms with Crippen molar-refractivity contribution in [3.8, 4) is 11.5 Å². The number of methoxy groups -OCH3 is 2. The molecule has 0 amide bonds. The van der Waals surface area contributed by atoms with Crippen LogP contribution in [0.4, 0.5) is 0 Å². The van der Waals surface area contributed by atoms with Gasteiger partial charge in [-0.15, -0.1) is 0 Å². The second kappa shape index (κ2) is 11.8. The summed E-state index contributed by atoms with van der Waals surface area (Å²) in [5.74, 6) is 1.83. The molecule has 0 radical (unpaired) electrons. The van der Waals surface area contributed by atoms with E-state index in [-0.39, 0.29) is 22.4 Å². The minimum absolute atomic E-state index is 0.153. The molecule has 3 aromatic carbocycles. The number of nitrogens with zero attached hydrogens (tertiary/aromatic N) is 1. The number of ether oxygens (including phenoxy) is 2. The Morgan fingerprint density at radius 1 is 0.878 bits per heavy atom. The second-order valence-electron chi connectivity index (χ2n) is 13.2. The molecule has 5 heteroatoms. The maximum Gasteiger partial charge on any atom is 0.191 e. The van der Waals surface area contributed by atoms with Crippen LogP contribution in [0.5, 0.6) is 11.5 Å². The van der Waals surface area contributed by atoms with E-state index in [2.05, 4.69) is 130 Å². The van der Waals surface area contributed by atoms with Gasteiger partial charge in [-0.3, -0.25) is 4.90 Å². The van der Waals surface area contributed by atoms with Crippen molar-refractivity contribution in [2.24, 2.45) is 5.92 Å². The summed E-state index contributed by atoms with van der Waals surface area (Å²) in [6, 6.07) is 29.1. The highest BCUT2D eigenvalue weighted by Crippen LogP contribution is 2.54. The number of rotatable bonds is 9. The molecule has 1 heterocycles. The highest BCUT2D eigenvalue weighted by molar-refractivity contribution is 6.74. The lowest BCUT2D eigenvalue weighted by Crippen LogP contribution is -2.48. The molecule has 4 nitrogen and oxygen atoms in total. The van der Waals surface area contributed by atoms with Crippen LogP contribution < -0.4 is 9.47 Å². The summed E-state index contributed by atoms with van der Waals surface area (Å²) < 4.78 is 18.5. The normalized spacial score (nSPS) is 23.0. The van der Waals surface area contributed by atoms with Crippen LogP contribution in [-0.4, -0.2) is 46.6 Å². The van der Waals surface area contributed by atoms with Gasteiger partial charge in [0.05, 0.1) is 20.3 Å². The van der Waals surface area contributed by atoms with Gasteiger partial charge in [-0.1, -0.05) is 99.7 Å². The molecule has 0 unspecified atom stereocenters. The lowest BCUT2D eigenvalue weighted by atomic mass is 9.65. The van der Waals surface area contributed by atoms with E-state index in [1.165, 1.54) is 16.7 Å². The number of likely N-dealkylation sites (tertiary alicyclic amines) is 1. The van der Waals surface area contributed by atoms with Crippen molar-refractivity contribution in [2.45, 2.75) is 69.2 Å². The second-order valence-corrected chi connectivity index (χ2v) is 18.0. The Morgan fingerprint density at radius 3 is 2.05 bits per heavy atom. The van der Waals surface area contributed by atoms with Gasteiger partial charge in [0, 0.05) is 30.5 Å². The smallest absolute Gasteiger partial charge is 0.191 e. The molecular weight excluding hydrogens is 522 g/mol. The minimum atomic E-state index is -1.96. The summed E-state index contributed by atoms with van der Waals surface area (Å²) in [5, 5.41) is 0.153. The van der Waals surface area contributed by atoms with Crippen molar-refractivity contribution in [1.29, 1.82) is 0 Å². The number of benzene rings is 3. The Kier molecular flexibility index (Phi) is 8.52. The standard InChI is InChI=1S/C36H47NO3Si/c1-35(2,3)41(6,7)40-26-30-25-37(34(27-16-10-8-11-17-27)28-18-12-9-13-19-28)33-20-14-15-23-36(30,33)29-21-22-31(38-4)32(24-29)39-5/h8-13,15-19,21-24,30,33-34H,14,20,25-26H2,1-7H3/t30-,33+,36-/m1/s1. The first-order chi connectivity index (χ1) is 19.6. The number of hydrogen-bond donors (Lipinski definition) is 0.